The Bertz CT molecular complexity index is 495. The number of β-lactam (4-membered cyclic amide) rings is 1. The van der Waals surface area contributed by atoms with Crippen molar-refractivity contribution >= 4 is 17.4 Å². The van der Waals surface area contributed by atoms with Gasteiger partial charge >= 0.3 is 0 Å². The average molecular weight is 263 g/mol. The van der Waals surface area contributed by atoms with Gasteiger partial charge in [0.2, 0.25) is 5.91 Å². The Kier molecular flexibility index (Phi) is 3.57. The highest BCUT2D eigenvalue weighted by atomic mass is 16.5. The number of nitrogens with zero attached hydrogens (tertiary/aromatic N) is 1. The van der Waals surface area contributed by atoms with Gasteiger partial charge in [-0.25, -0.2) is 0 Å². The first-order valence-corrected chi connectivity index (χ1v) is 6.13. The maximum absolute atomic E-state index is 12.1. The number of Topliss-reactive ketones (excluding diaryl/α,β-unsaturated/α-hetero) is 1. The van der Waals surface area contributed by atoms with Crippen LogP contribution in [0.1, 0.15) is 13.8 Å². The molecular formula is C14H17NO4. The zero-order valence-electron chi connectivity index (χ0n) is 11.2. The molecule has 3 unspecified atom stereocenters. The molecule has 5 nitrogen and oxygen atoms in total. The van der Waals surface area contributed by atoms with E-state index in [1.54, 1.807) is 31.4 Å². The smallest absolute Gasteiger partial charge is 0.235 e. The molecular weight excluding hydrogens is 246 g/mol. The number of amides is 1. The Hall–Kier alpha value is -1.88. The van der Waals surface area contributed by atoms with Gasteiger partial charge in [0.15, 0.2) is 5.78 Å². The molecule has 0 saturated carbocycles. The van der Waals surface area contributed by atoms with Crippen LogP contribution < -0.4 is 9.64 Å². The summed E-state index contributed by atoms with van der Waals surface area (Å²) in [5, 5.41) is 9.59. The van der Waals surface area contributed by atoms with Crippen molar-refractivity contribution in [3.8, 4) is 5.75 Å². The van der Waals surface area contributed by atoms with Crippen LogP contribution in [0, 0.1) is 5.92 Å². The van der Waals surface area contributed by atoms with Gasteiger partial charge in [-0.1, -0.05) is 0 Å². The standard InChI is InChI=1S/C14H17NO4/c1-8(16)12-13(9(2)17)15(14(12)18)10-4-6-11(19-3)7-5-10/h4-8,12-13,16H,1-3H3. The number of carbonyl (C=O) groups excluding carboxylic acids is 2. The van der Waals surface area contributed by atoms with Crippen LogP contribution in [0.5, 0.6) is 5.75 Å². The van der Waals surface area contributed by atoms with E-state index in [-0.39, 0.29) is 11.7 Å². The molecule has 0 spiro atoms. The van der Waals surface area contributed by atoms with E-state index in [0.29, 0.717) is 11.4 Å². The lowest BCUT2D eigenvalue weighted by molar-refractivity contribution is -0.141. The fourth-order valence-electron chi connectivity index (χ4n) is 2.45. The van der Waals surface area contributed by atoms with Gasteiger partial charge in [-0.15, -0.1) is 0 Å². The van der Waals surface area contributed by atoms with Crippen LogP contribution in [0.3, 0.4) is 0 Å². The van der Waals surface area contributed by atoms with Crippen LogP contribution in [0.25, 0.3) is 0 Å². The molecule has 1 aliphatic rings. The van der Waals surface area contributed by atoms with E-state index in [9.17, 15) is 14.7 Å². The van der Waals surface area contributed by atoms with E-state index in [1.165, 1.54) is 18.7 Å². The molecule has 0 bridgehead atoms. The zero-order chi connectivity index (χ0) is 14.2. The largest absolute Gasteiger partial charge is 0.497 e. The van der Waals surface area contributed by atoms with Crippen LogP contribution in [0.4, 0.5) is 5.69 Å². The quantitative estimate of drug-likeness (QED) is 0.823. The predicted molar refractivity (Wildman–Crippen MR) is 70.1 cm³/mol. The number of ketones is 1. The molecule has 0 aromatic heterocycles. The van der Waals surface area contributed by atoms with Gasteiger partial charge in [-0.05, 0) is 38.1 Å². The normalized spacial score (nSPS) is 23.8. The first-order chi connectivity index (χ1) is 8.97. The molecule has 2 rings (SSSR count). The van der Waals surface area contributed by atoms with Crippen LogP contribution in [-0.4, -0.2) is 36.1 Å². The number of hydrogen-bond donors (Lipinski definition) is 1. The van der Waals surface area contributed by atoms with Crippen LogP contribution in [-0.2, 0) is 9.59 Å². The second-order valence-corrected chi connectivity index (χ2v) is 4.73. The number of carbonyl (C=O) groups is 2. The van der Waals surface area contributed by atoms with Crippen LogP contribution >= 0.6 is 0 Å². The summed E-state index contributed by atoms with van der Waals surface area (Å²) in [6, 6.07) is 6.34. The molecule has 0 aliphatic carbocycles. The van der Waals surface area contributed by atoms with E-state index in [0.717, 1.165) is 0 Å². The average Bonchev–Trinajstić information content (AvgIpc) is 2.35. The van der Waals surface area contributed by atoms with E-state index < -0.39 is 18.1 Å². The summed E-state index contributed by atoms with van der Waals surface area (Å²) in [4.78, 5) is 25.1. The summed E-state index contributed by atoms with van der Waals surface area (Å²) in [5.74, 6) is -0.301. The lowest BCUT2D eigenvalue weighted by Crippen LogP contribution is -2.67. The minimum atomic E-state index is -0.823. The highest BCUT2D eigenvalue weighted by Crippen LogP contribution is 2.35. The van der Waals surface area contributed by atoms with Crippen LogP contribution in [0.15, 0.2) is 24.3 Å². The molecule has 1 aliphatic heterocycles. The van der Waals surface area contributed by atoms with Gasteiger partial charge in [-0.3, -0.25) is 9.59 Å². The predicted octanol–water partition coefficient (Wildman–Crippen LogP) is 0.996. The summed E-state index contributed by atoms with van der Waals surface area (Å²) in [5.41, 5.74) is 0.642. The minimum absolute atomic E-state index is 0.124. The Morgan fingerprint density at radius 3 is 2.37 bits per heavy atom. The number of methoxy groups -OCH3 is 1. The SMILES string of the molecule is COc1ccc(N2C(=O)C(C(C)O)C2C(C)=O)cc1. The monoisotopic (exact) mass is 263 g/mol. The zero-order valence-corrected chi connectivity index (χ0v) is 11.2. The van der Waals surface area contributed by atoms with Crippen molar-refractivity contribution in [2.45, 2.75) is 26.0 Å². The van der Waals surface area contributed by atoms with Crippen molar-refractivity contribution in [3.63, 3.8) is 0 Å². The summed E-state index contributed by atoms with van der Waals surface area (Å²) in [6.45, 7) is 2.97. The summed E-state index contributed by atoms with van der Waals surface area (Å²) < 4.78 is 5.05. The van der Waals surface area contributed by atoms with Gasteiger partial charge < -0.3 is 14.7 Å². The number of benzene rings is 1. The highest BCUT2D eigenvalue weighted by Gasteiger charge is 2.52. The van der Waals surface area contributed by atoms with Crippen molar-refractivity contribution < 1.29 is 19.4 Å². The second-order valence-electron chi connectivity index (χ2n) is 4.73. The number of hydrogen-bond acceptors (Lipinski definition) is 4. The number of ether oxygens (including phenoxy) is 1. The first kappa shape index (κ1) is 13.5. The summed E-state index contributed by atoms with van der Waals surface area (Å²) >= 11 is 0. The summed E-state index contributed by atoms with van der Waals surface area (Å²) in [7, 11) is 1.56. The van der Waals surface area contributed by atoms with Gasteiger partial charge in [-0.2, -0.15) is 0 Å². The molecule has 102 valence electrons. The van der Waals surface area contributed by atoms with E-state index in [2.05, 4.69) is 0 Å². The number of aliphatic hydroxyl groups excluding tert-OH is 1. The molecule has 0 radical (unpaired) electrons. The number of aliphatic hydroxyl groups is 1. The minimum Gasteiger partial charge on any atom is -0.497 e. The third-order valence-corrected chi connectivity index (χ3v) is 3.43. The molecule has 1 amide bonds. The lowest BCUT2D eigenvalue weighted by Gasteiger charge is -2.46. The van der Waals surface area contributed by atoms with Gasteiger partial charge in [0.05, 0.1) is 19.1 Å². The topological polar surface area (TPSA) is 66.8 Å². The van der Waals surface area contributed by atoms with Crippen molar-refractivity contribution in [2.24, 2.45) is 5.92 Å². The maximum Gasteiger partial charge on any atom is 0.235 e. The molecule has 1 N–H and O–H groups in total. The fourth-order valence-corrected chi connectivity index (χ4v) is 2.45. The summed E-state index contributed by atoms with van der Waals surface area (Å²) in [6.07, 6.45) is -0.823. The molecule has 1 aromatic carbocycles. The molecule has 1 saturated heterocycles. The molecule has 19 heavy (non-hydrogen) atoms. The molecule has 1 fully saturated rings. The van der Waals surface area contributed by atoms with Gasteiger partial charge in [0.25, 0.3) is 0 Å². The number of rotatable bonds is 4. The van der Waals surface area contributed by atoms with Gasteiger partial charge in [0.1, 0.15) is 11.8 Å². The molecule has 1 aromatic rings. The lowest BCUT2D eigenvalue weighted by atomic mass is 9.80. The van der Waals surface area contributed by atoms with E-state index in [4.69, 9.17) is 4.74 Å². The van der Waals surface area contributed by atoms with Crippen molar-refractivity contribution in [3.05, 3.63) is 24.3 Å². The molecule has 3 atom stereocenters. The fraction of sp³-hybridized carbons (Fsp3) is 0.429. The van der Waals surface area contributed by atoms with Crippen molar-refractivity contribution in [1.82, 2.24) is 0 Å². The Balaban J connectivity index is 2.28. The Morgan fingerprint density at radius 2 is 1.95 bits per heavy atom. The van der Waals surface area contributed by atoms with Crippen molar-refractivity contribution in [2.75, 3.05) is 12.0 Å². The van der Waals surface area contributed by atoms with Crippen LogP contribution in [0.2, 0.25) is 0 Å². The van der Waals surface area contributed by atoms with E-state index in [1.807, 2.05) is 0 Å². The first-order valence-electron chi connectivity index (χ1n) is 6.13. The highest BCUT2D eigenvalue weighted by molar-refractivity contribution is 6.12. The van der Waals surface area contributed by atoms with Crippen molar-refractivity contribution in [1.29, 1.82) is 0 Å². The van der Waals surface area contributed by atoms with E-state index >= 15 is 0 Å². The number of anilines is 1. The third kappa shape index (κ3) is 2.21. The maximum atomic E-state index is 12.1. The molecule has 1 heterocycles. The molecule has 5 heteroatoms. The third-order valence-electron chi connectivity index (χ3n) is 3.43. The van der Waals surface area contributed by atoms with Gasteiger partial charge in [0, 0.05) is 5.69 Å². The second kappa shape index (κ2) is 5.01. The Labute approximate surface area is 111 Å². The Morgan fingerprint density at radius 1 is 1.37 bits per heavy atom.